The highest BCUT2D eigenvalue weighted by Gasteiger charge is 2.40. The summed E-state index contributed by atoms with van der Waals surface area (Å²) in [7, 11) is 0. The first-order valence-electron chi connectivity index (χ1n) is 14.3. The van der Waals surface area contributed by atoms with Gasteiger partial charge in [0.1, 0.15) is 5.75 Å². The van der Waals surface area contributed by atoms with Crippen LogP contribution in [0.4, 0.5) is 23.7 Å². The average molecular weight is 598 g/mol. The Morgan fingerprint density at radius 1 is 0.907 bits per heavy atom. The first-order valence-corrected chi connectivity index (χ1v) is 14.3. The lowest BCUT2D eigenvalue weighted by Gasteiger charge is -2.32. The number of piperidine rings is 1. The quantitative estimate of drug-likeness (QED) is 0.249. The van der Waals surface area contributed by atoms with Crippen molar-refractivity contribution < 1.29 is 32.4 Å². The molecule has 3 aromatic rings. The molecule has 3 heterocycles. The van der Waals surface area contributed by atoms with Gasteiger partial charge in [-0.1, -0.05) is 18.2 Å². The van der Waals surface area contributed by atoms with Gasteiger partial charge in [-0.25, -0.2) is 4.79 Å². The predicted octanol–water partition coefficient (Wildman–Crippen LogP) is 6.15. The van der Waals surface area contributed by atoms with E-state index in [1.165, 1.54) is 36.4 Å². The Labute approximate surface area is 245 Å². The Morgan fingerprint density at radius 3 is 2.23 bits per heavy atom. The van der Waals surface area contributed by atoms with Crippen molar-refractivity contribution in [1.82, 2.24) is 19.6 Å². The van der Waals surface area contributed by atoms with Gasteiger partial charge in [0.05, 0.1) is 34.0 Å². The van der Waals surface area contributed by atoms with Gasteiger partial charge in [-0.15, -0.1) is 0 Å². The molecule has 0 unspecified atom stereocenters. The molecule has 13 heteroatoms. The number of amides is 2. The lowest BCUT2D eigenvalue weighted by molar-refractivity contribution is -0.384. The summed E-state index contributed by atoms with van der Waals surface area (Å²) in [5.74, 6) is -0.175. The molecule has 2 aromatic carbocycles. The largest absolute Gasteiger partial charge is 0.416 e. The highest BCUT2D eigenvalue weighted by atomic mass is 19.4. The van der Waals surface area contributed by atoms with E-state index in [0.29, 0.717) is 44.5 Å². The van der Waals surface area contributed by atoms with Crippen LogP contribution in [0.5, 0.6) is 5.75 Å². The minimum atomic E-state index is -4.45. The molecule has 6 rings (SSSR count). The van der Waals surface area contributed by atoms with E-state index in [1.807, 2.05) is 4.68 Å². The third-order valence-corrected chi connectivity index (χ3v) is 8.53. The summed E-state index contributed by atoms with van der Waals surface area (Å²) in [5, 5.41) is 15.4. The van der Waals surface area contributed by atoms with Gasteiger partial charge in [0, 0.05) is 50.1 Å². The number of rotatable bonds is 6. The number of likely N-dealkylation sites (tertiary alicyclic amines) is 2. The number of halogens is 3. The minimum Gasteiger partial charge on any atom is -0.410 e. The third kappa shape index (κ3) is 5.93. The van der Waals surface area contributed by atoms with Crippen LogP contribution in [-0.4, -0.2) is 62.7 Å². The van der Waals surface area contributed by atoms with E-state index >= 15 is 0 Å². The van der Waals surface area contributed by atoms with Crippen molar-refractivity contribution in [2.45, 2.75) is 56.2 Å². The van der Waals surface area contributed by atoms with E-state index in [0.717, 1.165) is 24.6 Å². The molecule has 226 valence electrons. The van der Waals surface area contributed by atoms with Crippen LogP contribution < -0.4 is 4.74 Å². The highest BCUT2D eigenvalue weighted by molar-refractivity contribution is 5.95. The molecule has 43 heavy (non-hydrogen) atoms. The maximum Gasteiger partial charge on any atom is 0.416 e. The Bertz CT molecular complexity index is 1530. The molecule has 10 nitrogen and oxygen atoms in total. The smallest absolute Gasteiger partial charge is 0.410 e. The number of ether oxygens (including phenoxy) is 1. The molecule has 1 aliphatic carbocycles. The zero-order valence-corrected chi connectivity index (χ0v) is 23.2. The van der Waals surface area contributed by atoms with Crippen molar-refractivity contribution in [3.05, 3.63) is 87.2 Å². The van der Waals surface area contributed by atoms with Crippen LogP contribution >= 0.6 is 0 Å². The number of hydrogen-bond acceptors (Lipinski definition) is 6. The second kappa shape index (κ2) is 11.3. The molecule has 0 N–H and O–H groups in total. The molecule has 0 radical (unpaired) electrons. The number of carbonyl (C=O) groups is 2. The van der Waals surface area contributed by atoms with Gasteiger partial charge in [0.25, 0.3) is 11.6 Å². The van der Waals surface area contributed by atoms with Crippen molar-refractivity contribution in [3.63, 3.8) is 0 Å². The molecule has 3 aliphatic rings. The average Bonchev–Trinajstić information content (AvgIpc) is 3.54. The summed E-state index contributed by atoms with van der Waals surface area (Å²) >= 11 is 0. The SMILES string of the molecule is O=C(Oc1ccc([N+](=O)[O-])cc1)N1CCC(n2ncc(C(=O)N3CC[C@@H](c4ccccc4C(F)(F)F)C3)c2C2CC2)CC1. The van der Waals surface area contributed by atoms with Gasteiger partial charge in [0.2, 0.25) is 0 Å². The minimum absolute atomic E-state index is 0.0226. The summed E-state index contributed by atoms with van der Waals surface area (Å²) in [5.41, 5.74) is 0.856. The normalized spacial score (nSPS) is 19.5. The zero-order chi connectivity index (χ0) is 30.3. The summed E-state index contributed by atoms with van der Waals surface area (Å²) in [6.07, 6.45) is 0.131. The molecule has 1 aromatic heterocycles. The Hall–Kier alpha value is -4.42. The molecule has 2 aliphatic heterocycles. The van der Waals surface area contributed by atoms with Crippen LogP contribution in [0.25, 0.3) is 0 Å². The van der Waals surface area contributed by atoms with Crippen LogP contribution in [0.3, 0.4) is 0 Å². The van der Waals surface area contributed by atoms with Gasteiger partial charge in [-0.3, -0.25) is 19.6 Å². The van der Waals surface area contributed by atoms with Crippen LogP contribution in [0.2, 0.25) is 0 Å². The maximum absolute atomic E-state index is 13.7. The lowest BCUT2D eigenvalue weighted by atomic mass is 9.93. The van der Waals surface area contributed by atoms with E-state index in [4.69, 9.17) is 4.74 Å². The fraction of sp³-hybridized carbons (Fsp3) is 0.433. The van der Waals surface area contributed by atoms with Gasteiger partial charge < -0.3 is 14.5 Å². The third-order valence-electron chi connectivity index (χ3n) is 8.53. The van der Waals surface area contributed by atoms with Crippen LogP contribution in [0.15, 0.2) is 54.7 Å². The summed E-state index contributed by atoms with van der Waals surface area (Å²) in [6, 6.07) is 10.9. The van der Waals surface area contributed by atoms with Gasteiger partial charge in [-0.2, -0.15) is 18.3 Å². The van der Waals surface area contributed by atoms with Crippen LogP contribution in [0, 0.1) is 10.1 Å². The first kappa shape index (κ1) is 28.7. The first-order chi connectivity index (χ1) is 20.6. The number of nitrogens with zero attached hydrogens (tertiary/aromatic N) is 5. The topological polar surface area (TPSA) is 111 Å². The van der Waals surface area contributed by atoms with Gasteiger partial charge >= 0.3 is 12.3 Å². The molecule has 0 spiro atoms. The van der Waals surface area contributed by atoms with Crippen molar-refractivity contribution in [3.8, 4) is 5.75 Å². The second-order valence-corrected chi connectivity index (χ2v) is 11.3. The lowest BCUT2D eigenvalue weighted by Crippen LogP contribution is -2.41. The monoisotopic (exact) mass is 597 g/mol. The van der Waals surface area contributed by atoms with Crippen molar-refractivity contribution in [1.29, 1.82) is 0 Å². The Balaban J connectivity index is 1.11. The van der Waals surface area contributed by atoms with Crippen molar-refractivity contribution in [2.75, 3.05) is 26.2 Å². The van der Waals surface area contributed by atoms with Crippen LogP contribution in [-0.2, 0) is 6.18 Å². The summed E-state index contributed by atoms with van der Waals surface area (Å²) < 4.78 is 48.1. The maximum atomic E-state index is 13.7. The fourth-order valence-corrected chi connectivity index (χ4v) is 6.17. The number of aromatic nitrogens is 2. The molecular formula is C30H30F3N5O5. The number of hydrogen-bond donors (Lipinski definition) is 0. The fourth-order valence-electron chi connectivity index (χ4n) is 6.17. The van der Waals surface area contributed by atoms with E-state index in [1.54, 1.807) is 22.1 Å². The molecule has 2 saturated heterocycles. The number of nitro groups is 1. The number of nitro benzene ring substituents is 1. The van der Waals surface area contributed by atoms with E-state index in [-0.39, 0.29) is 41.4 Å². The predicted molar refractivity (Wildman–Crippen MR) is 148 cm³/mol. The molecule has 0 bridgehead atoms. The zero-order valence-electron chi connectivity index (χ0n) is 23.2. The standard InChI is InChI=1S/C30H30F3N5O5/c31-30(32,33)26-4-2-1-3-24(26)20-11-14-36(18-20)28(39)25-17-34-37(27(25)19-5-6-19)21-12-15-35(16-13-21)29(40)43-23-9-7-22(8-10-23)38(41)42/h1-4,7-10,17,19-21H,5-6,11-16,18H2/t20-/m1/s1. The number of non-ortho nitro benzene ring substituents is 1. The number of benzene rings is 2. The van der Waals surface area contributed by atoms with Crippen molar-refractivity contribution >= 4 is 17.7 Å². The van der Waals surface area contributed by atoms with Gasteiger partial charge in [-0.05, 0) is 55.9 Å². The number of carbonyl (C=O) groups excluding carboxylic acids is 2. The Kier molecular flexibility index (Phi) is 7.57. The van der Waals surface area contributed by atoms with E-state index in [2.05, 4.69) is 5.10 Å². The molecular weight excluding hydrogens is 567 g/mol. The highest BCUT2D eigenvalue weighted by Crippen LogP contribution is 2.44. The van der Waals surface area contributed by atoms with Gasteiger partial charge in [0.15, 0.2) is 0 Å². The van der Waals surface area contributed by atoms with E-state index in [9.17, 15) is 32.9 Å². The molecule has 1 atom stereocenters. The van der Waals surface area contributed by atoms with Crippen molar-refractivity contribution in [2.24, 2.45) is 0 Å². The summed E-state index contributed by atoms with van der Waals surface area (Å²) in [4.78, 5) is 39.9. The summed E-state index contributed by atoms with van der Waals surface area (Å²) in [6.45, 7) is 1.42. The Morgan fingerprint density at radius 2 is 1.58 bits per heavy atom. The molecule has 3 fully saturated rings. The molecule has 1 saturated carbocycles. The second-order valence-electron chi connectivity index (χ2n) is 11.3. The molecule has 2 amide bonds. The number of alkyl halides is 3. The van der Waals surface area contributed by atoms with Crippen LogP contribution in [0.1, 0.15) is 77.2 Å². The van der Waals surface area contributed by atoms with E-state index < -0.39 is 28.7 Å².